The van der Waals surface area contributed by atoms with Crippen LogP contribution < -0.4 is 0 Å². The van der Waals surface area contributed by atoms with Gasteiger partial charge in [0.15, 0.2) is 0 Å². The van der Waals surface area contributed by atoms with Crippen LogP contribution in [0.25, 0.3) is 0 Å². The maximum absolute atomic E-state index is 12.8. The number of halogens is 1. The minimum Gasteiger partial charge on any atom is -0.378 e. The summed E-state index contributed by atoms with van der Waals surface area (Å²) >= 11 is 3.31. The first-order chi connectivity index (χ1) is 11.5. The van der Waals surface area contributed by atoms with E-state index in [0.29, 0.717) is 56.7 Å². The molecular formula is C16H21BrN2O4S. The van der Waals surface area contributed by atoms with E-state index in [1.54, 1.807) is 24.3 Å². The molecule has 1 amide bonds. The average molecular weight is 417 g/mol. The quantitative estimate of drug-likeness (QED) is 0.751. The van der Waals surface area contributed by atoms with Crippen molar-refractivity contribution in [3.05, 3.63) is 28.7 Å². The summed E-state index contributed by atoms with van der Waals surface area (Å²) in [4.78, 5) is 14.6. The van der Waals surface area contributed by atoms with Crippen LogP contribution in [0.15, 0.2) is 33.6 Å². The van der Waals surface area contributed by atoms with E-state index in [0.717, 1.165) is 0 Å². The van der Waals surface area contributed by atoms with Gasteiger partial charge in [0.2, 0.25) is 15.9 Å². The molecule has 0 aromatic heterocycles. The topological polar surface area (TPSA) is 66.9 Å². The molecule has 2 saturated heterocycles. The third-order valence-electron chi connectivity index (χ3n) is 4.58. The second-order valence-corrected chi connectivity index (χ2v) is 8.81. The van der Waals surface area contributed by atoms with Crippen LogP contribution in [0.4, 0.5) is 0 Å². The number of hydrogen-bond donors (Lipinski definition) is 0. The molecule has 2 heterocycles. The molecule has 6 nitrogen and oxygen atoms in total. The normalized spacial score (nSPS) is 21.0. The molecule has 24 heavy (non-hydrogen) atoms. The fraction of sp³-hybridized carbons (Fsp3) is 0.562. The van der Waals surface area contributed by atoms with E-state index in [1.165, 1.54) is 4.31 Å². The van der Waals surface area contributed by atoms with Crippen molar-refractivity contribution in [2.75, 3.05) is 39.4 Å². The van der Waals surface area contributed by atoms with Crippen molar-refractivity contribution < 1.29 is 17.9 Å². The molecule has 0 aliphatic carbocycles. The third-order valence-corrected chi connectivity index (χ3v) is 7.49. The van der Waals surface area contributed by atoms with Crippen LogP contribution in [0, 0.1) is 5.92 Å². The molecule has 132 valence electrons. The van der Waals surface area contributed by atoms with Crippen LogP contribution in [-0.2, 0) is 19.6 Å². The number of piperidine rings is 1. The van der Waals surface area contributed by atoms with E-state index < -0.39 is 10.0 Å². The standard InChI is InChI=1S/C16H21BrN2O4S/c17-14-3-1-2-4-15(14)24(21,22)19-7-5-13(6-8-19)16(20)18-9-11-23-12-10-18/h1-4,13H,5-12H2. The van der Waals surface area contributed by atoms with Gasteiger partial charge in [-0.1, -0.05) is 12.1 Å². The Morgan fingerprint density at radius 1 is 1.08 bits per heavy atom. The highest BCUT2D eigenvalue weighted by molar-refractivity contribution is 9.10. The molecule has 1 aromatic rings. The largest absolute Gasteiger partial charge is 0.378 e. The van der Waals surface area contributed by atoms with Crippen molar-refractivity contribution in [3.63, 3.8) is 0 Å². The number of rotatable bonds is 3. The molecule has 0 unspecified atom stereocenters. The van der Waals surface area contributed by atoms with Crippen molar-refractivity contribution in [2.24, 2.45) is 5.92 Å². The first kappa shape index (κ1) is 17.8. The first-order valence-electron chi connectivity index (χ1n) is 8.11. The van der Waals surface area contributed by atoms with Gasteiger partial charge in [0.1, 0.15) is 0 Å². The van der Waals surface area contributed by atoms with Crippen LogP contribution in [0.5, 0.6) is 0 Å². The highest BCUT2D eigenvalue weighted by Crippen LogP contribution is 2.29. The van der Waals surface area contributed by atoms with Crippen LogP contribution in [-0.4, -0.2) is 62.9 Å². The highest BCUT2D eigenvalue weighted by atomic mass is 79.9. The van der Waals surface area contributed by atoms with Gasteiger partial charge < -0.3 is 9.64 Å². The zero-order valence-electron chi connectivity index (χ0n) is 13.4. The number of carbonyl (C=O) groups excluding carboxylic acids is 1. The summed E-state index contributed by atoms with van der Waals surface area (Å²) in [5.41, 5.74) is 0. The van der Waals surface area contributed by atoms with E-state index in [-0.39, 0.29) is 16.7 Å². The Kier molecular flexibility index (Phi) is 5.59. The summed E-state index contributed by atoms with van der Waals surface area (Å²) < 4.78 is 32.9. The summed E-state index contributed by atoms with van der Waals surface area (Å²) in [6, 6.07) is 6.83. The minimum atomic E-state index is -3.53. The molecular weight excluding hydrogens is 396 g/mol. The Morgan fingerprint density at radius 2 is 1.71 bits per heavy atom. The van der Waals surface area contributed by atoms with Gasteiger partial charge in [-0.2, -0.15) is 4.31 Å². The lowest BCUT2D eigenvalue weighted by molar-refractivity contribution is -0.140. The maximum Gasteiger partial charge on any atom is 0.244 e. The molecule has 0 spiro atoms. The summed E-state index contributed by atoms with van der Waals surface area (Å²) in [5.74, 6) is 0.0463. The lowest BCUT2D eigenvalue weighted by Crippen LogP contribution is -2.47. The van der Waals surface area contributed by atoms with Crippen molar-refractivity contribution in [2.45, 2.75) is 17.7 Å². The van der Waals surface area contributed by atoms with Gasteiger partial charge in [-0.25, -0.2) is 8.42 Å². The SMILES string of the molecule is O=C(C1CCN(S(=O)(=O)c2ccccc2Br)CC1)N1CCOCC1. The van der Waals surface area contributed by atoms with Gasteiger partial charge in [-0.3, -0.25) is 4.79 Å². The first-order valence-corrected chi connectivity index (χ1v) is 10.3. The zero-order valence-corrected chi connectivity index (χ0v) is 15.8. The maximum atomic E-state index is 12.8. The molecule has 1 aromatic carbocycles. The molecule has 2 fully saturated rings. The molecule has 0 radical (unpaired) electrons. The summed E-state index contributed by atoms with van der Waals surface area (Å²) in [6.07, 6.45) is 1.14. The molecule has 0 saturated carbocycles. The fourth-order valence-electron chi connectivity index (χ4n) is 3.18. The third kappa shape index (κ3) is 3.66. The van der Waals surface area contributed by atoms with Crippen molar-refractivity contribution in [1.82, 2.24) is 9.21 Å². The number of nitrogens with zero attached hydrogens (tertiary/aromatic N) is 2. The van der Waals surface area contributed by atoms with Crippen molar-refractivity contribution in [3.8, 4) is 0 Å². The number of sulfonamides is 1. The minimum absolute atomic E-state index is 0.0891. The van der Waals surface area contributed by atoms with Gasteiger partial charge in [-0.05, 0) is 40.9 Å². The number of morpholine rings is 1. The lowest BCUT2D eigenvalue weighted by Gasteiger charge is -2.35. The summed E-state index contributed by atoms with van der Waals surface area (Å²) in [6.45, 7) is 3.19. The Labute approximate surface area is 150 Å². The van der Waals surface area contributed by atoms with Gasteiger partial charge >= 0.3 is 0 Å². The Bertz CT molecular complexity index is 696. The van der Waals surface area contributed by atoms with Gasteiger partial charge in [0.05, 0.1) is 18.1 Å². The van der Waals surface area contributed by atoms with E-state index in [1.807, 2.05) is 4.90 Å². The van der Waals surface area contributed by atoms with E-state index in [2.05, 4.69) is 15.9 Å². The van der Waals surface area contributed by atoms with Crippen LogP contribution in [0.3, 0.4) is 0 Å². The number of ether oxygens (including phenoxy) is 1. The van der Waals surface area contributed by atoms with Crippen molar-refractivity contribution in [1.29, 1.82) is 0 Å². The number of benzene rings is 1. The molecule has 2 aliphatic heterocycles. The van der Waals surface area contributed by atoms with Gasteiger partial charge in [-0.15, -0.1) is 0 Å². The molecule has 2 aliphatic rings. The lowest BCUT2D eigenvalue weighted by atomic mass is 9.96. The van der Waals surface area contributed by atoms with Crippen LogP contribution >= 0.6 is 15.9 Å². The molecule has 0 N–H and O–H groups in total. The summed E-state index contributed by atoms with van der Waals surface area (Å²) in [7, 11) is -3.53. The monoisotopic (exact) mass is 416 g/mol. The molecule has 3 rings (SSSR count). The molecule has 8 heteroatoms. The van der Waals surface area contributed by atoms with Gasteiger partial charge in [0, 0.05) is 36.6 Å². The Hall–Kier alpha value is -0.960. The molecule has 0 atom stereocenters. The fourth-order valence-corrected chi connectivity index (χ4v) is 5.61. The average Bonchev–Trinajstić information content (AvgIpc) is 2.62. The summed E-state index contributed by atoms with van der Waals surface area (Å²) in [5, 5.41) is 0. The second-order valence-electron chi connectivity index (χ2n) is 6.05. The van der Waals surface area contributed by atoms with Crippen LogP contribution in [0.2, 0.25) is 0 Å². The Morgan fingerprint density at radius 3 is 2.33 bits per heavy atom. The number of hydrogen-bond acceptors (Lipinski definition) is 4. The zero-order chi connectivity index (χ0) is 17.2. The highest BCUT2D eigenvalue weighted by Gasteiger charge is 2.34. The second kappa shape index (κ2) is 7.51. The predicted octanol–water partition coefficient (Wildman–Crippen LogP) is 1.71. The smallest absolute Gasteiger partial charge is 0.244 e. The van der Waals surface area contributed by atoms with Crippen molar-refractivity contribution >= 4 is 31.9 Å². The van der Waals surface area contributed by atoms with Gasteiger partial charge in [0.25, 0.3) is 0 Å². The Balaban J connectivity index is 1.64. The number of amides is 1. The van der Waals surface area contributed by atoms with Crippen LogP contribution in [0.1, 0.15) is 12.8 Å². The predicted molar refractivity (Wildman–Crippen MR) is 93.0 cm³/mol. The van der Waals surface area contributed by atoms with E-state index in [9.17, 15) is 13.2 Å². The number of carbonyl (C=O) groups is 1. The van der Waals surface area contributed by atoms with E-state index >= 15 is 0 Å². The van der Waals surface area contributed by atoms with E-state index in [4.69, 9.17) is 4.74 Å². The molecule has 0 bridgehead atoms.